The first-order valence-corrected chi connectivity index (χ1v) is 7.56. The van der Waals surface area contributed by atoms with Gasteiger partial charge in [-0.1, -0.05) is 24.3 Å². The molecule has 0 saturated carbocycles. The van der Waals surface area contributed by atoms with Crippen LogP contribution in [0.25, 0.3) is 10.7 Å². The number of hydrogen-bond acceptors (Lipinski definition) is 5. The maximum atomic E-state index is 11.7. The minimum absolute atomic E-state index is 0.314. The summed E-state index contributed by atoms with van der Waals surface area (Å²) in [5.41, 5.74) is 1.60. The van der Waals surface area contributed by atoms with Gasteiger partial charge in [0, 0.05) is 11.6 Å². The largest absolute Gasteiger partial charge is 0.412 e. The molecule has 0 atom stereocenters. The third kappa shape index (κ3) is 3.67. The molecule has 0 aliphatic carbocycles. The van der Waals surface area contributed by atoms with E-state index in [9.17, 15) is 4.79 Å². The van der Waals surface area contributed by atoms with Crippen LogP contribution in [0.15, 0.2) is 60.1 Å². The standard InChI is InChI=1S/C16H13N3O2S/c20-16(21-13-6-2-1-3-7-13)18-10-12-11-22-15(19-12)14-8-4-5-9-17-14/h1-9,11H,10H2,(H,18,20). The molecule has 0 aliphatic heterocycles. The molecule has 1 N–H and O–H groups in total. The van der Waals surface area contributed by atoms with Gasteiger partial charge in [-0.3, -0.25) is 4.98 Å². The summed E-state index contributed by atoms with van der Waals surface area (Å²) < 4.78 is 5.14. The molecule has 1 aromatic carbocycles. The van der Waals surface area contributed by atoms with Crippen molar-refractivity contribution in [2.75, 3.05) is 0 Å². The molecule has 0 unspecified atom stereocenters. The number of nitrogens with one attached hydrogen (secondary N) is 1. The molecule has 0 aliphatic rings. The molecule has 0 bridgehead atoms. The molecule has 0 saturated heterocycles. The van der Waals surface area contributed by atoms with Crippen LogP contribution in [0.2, 0.25) is 0 Å². The maximum Gasteiger partial charge on any atom is 0.412 e. The fraction of sp³-hybridized carbons (Fsp3) is 0.0625. The second-order valence-electron chi connectivity index (χ2n) is 4.42. The molecule has 0 radical (unpaired) electrons. The highest BCUT2D eigenvalue weighted by molar-refractivity contribution is 7.13. The lowest BCUT2D eigenvalue weighted by atomic mass is 10.3. The molecular formula is C16H13N3O2S. The monoisotopic (exact) mass is 311 g/mol. The highest BCUT2D eigenvalue weighted by Gasteiger charge is 2.08. The van der Waals surface area contributed by atoms with Gasteiger partial charge in [-0.15, -0.1) is 11.3 Å². The Balaban J connectivity index is 1.56. The number of carbonyl (C=O) groups is 1. The van der Waals surface area contributed by atoms with E-state index in [0.717, 1.165) is 16.4 Å². The van der Waals surface area contributed by atoms with Crippen molar-refractivity contribution in [3.63, 3.8) is 0 Å². The van der Waals surface area contributed by atoms with Crippen LogP contribution in [0.4, 0.5) is 4.79 Å². The zero-order valence-corrected chi connectivity index (χ0v) is 12.4. The van der Waals surface area contributed by atoms with E-state index in [4.69, 9.17) is 4.74 Å². The lowest BCUT2D eigenvalue weighted by molar-refractivity contribution is 0.200. The molecule has 0 spiro atoms. The van der Waals surface area contributed by atoms with E-state index in [-0.39, 0.29) is 0 Å². The van der Waals surface area contributed by atoms with Gasteiger partial charge >= 0.3 is 6.09 Å². The molecular weight excluding hydrogens is 298 g/mol. The zero-order valence-electron chi connectivity index (χ0n) is 11.6. The van der Waals surface area contributed by atoms with Gasteiger partial charge in [-0.2, -0.15) is 0 Å². The van der Waals surface area contributed by atoms with E-state index in [1.165, 1.54) is 11.3 Å². The lowest BCUT2D eigenvalue weighted by Gasteiger charge is -2.04. The van der Waals surface area contributed by atoms with Gasteiger partial charge in [0.05, 0.1) is 17.9 Å². The Kier molecular flexibility index (Phi) is 4.41. The average Bonchev–Trinajstić information content (AvgIpc) is 3.04. The first-order valence-electron chi connectivity index (χ1n) is 6.68. The van der Waals surface area contributed by atoms with Crippen LogP contribution < -0.4 is 10.1 Å². The Hall–Kier alpha value is -2.73. The van der Waals surface area contributed by atoms with Crippen molar-refractivity contribution in [3.8, 4) is 16.5 Å². The highest BCUT2D eigenvalue weighted by atomic mass is 32.1. The Labute approximate surface area is 131 Å². The number of ether oxygens (including phenoxy) is 1. The van der Waals surface area contributed by atoms with E-state index >= 15 is 0 Å². The van der Waals surface area contributed by atoms with Crippen molar-refractivity contribution in [1.82, 2.24) is 15.3 Å². The number of amides is 1. The second kappa shape index (κ2) is 6.82. The fourth-order valence-electron chi connectivity index (χ4n) is 1.79. The quantitative estimate of drug-likeness (QED) is 0.801. The summed E-state index contributed by atoms with van der Waals surface area (Å²) in [6, 6.07) is 14.6. The molecule has 3 rings (SSSR count). The van der Waals surface area contributed by atoms with Crippen LogP contribution >= 0.6 is 11.3 Å². The third-order valence-corrected chi connectivity index (χ3v) is 3.72. The molecule has 3 aromatic rings. The normalized spacial score (nSPS) is 10.2. The van der Waals surface area contributed by atoms with Crippen LogP contribution in [-0.4, -0.2) is 16.1 Å². The molecule has 110 valence electrons. The number of thiazole rings is 1. The Morgan fingerprint density at radius 3 is 2.73 bits per heavy atom. The Morgan fingerprint density at radius 2 is 1.95 bits per heavy atom. The molecule has 5 nitrogen and oxygen atoms in total. The van der Waals surface area contributed by atoms with Gasteiger partial charge in [0.15, 0.2) is 0 Å². The Morgan fingerprint density at radius 1 is 1.14 bits per heavy atom. The van der Waals surface area contributed by atoms with Gasteiger partial charge in [0.1, 0.15) is 10.8 Å². The minimum atomic E-state index is -0.501. The lowest BCUT2D eigenvalue weighted by Crippen LogP contribution is -2.26. The Bertz CT molecular complexity index is 744. The minimum Gasteiger partial charge on any atom is -0.410 e. The highest BCUT2D eigenvalue weighted by Crippen LogP contribution is 2.21. The van der Waals surface area contributed by atoms with Gasteiger partial charge in [-0.05, 0) is 24.3 Å². The number of aromatic nitrogens is 2. The first-order chi connectivity index (χ1) is 10.8. The number of para-hydroxylation sites is 1. The predicted octanol–water partition coefficient (Wildman–Crippen LogP) is 3.49. The molecule has 6 heteroatoms. The van der Waals surface area contributed by atoms with Gasteiger partial charge in [0.2, 0.25) is 0 Å². The van der Waals surface area contributed by atoms with E-state index < -0.39 is 6.09 Å². The zero-order chi connectivity index (χ0) is 15.2. The molecule has 2 heterocycles. The number of hydrogen-bond donors (Lipinski definition) is 1. The van der Waals surface area contributed by atoms with Gasteiger partial charge < -0.3 is 10.1 Å². The second-order valence-corrected chi connectivity index (χ2v) is 5.27. The molecule has 2 aromatic heterocycles. The van der Waals surface area contributed by atoms with Crippen molar-refractivity contribution in [1.29, 1.82) is 0 Å². The van der Waals surface area contributed by atoms with E-state index in [2.05, 4.69) is 15.3 Å². The van der Waals surface area contributed by atoms with Crippen molar-refractivity contribution in [2.45, 2.75) is 6.54 Å². The van der Waals surface area contributed by atoms with Crippen LogP contribution in [0.3, 0.4) is 0 Å². The first kappa shape index (κ1) is 14.2. The molecule has 22 heavy (non-hydrogen) atoms. The average molecular weight is 311 g/mol. The fourth-order valence-corrected chi connectivity index (χ4v) is 2.58. The molecule has 1 amide bonds. The van der Waals surface area contributed by atoms with Crippen LogP contribution in [0.5, 0.6) is 5.75 Å². The van der Waals surface area contributed by atoms with Crippen molar-refractivity contribution >= 4 is 17.4 Å². The number of pyridine rings is 1. The van der Waals surface area contributed by atoms with Gasteiger partial charge in [-0.25, -0.2) is 9.78 Å². The summed E-state index contributed by atoms with van der Waals surface area (Å²) in [4.78, 5) is 20.4. The number of carbonyl (C=O) groups excluding carboxylic acids is 1. The van der Waals surface area contributed by atoms with Crippen molar-refractivity contribution in [2.24, 2.45) is 0 Å². The summed E-state index contributed by atoms with van der Waals surface area (Å²) in [5, 5.41) is 5.40. The van der Waals surface area contributed by atoms with Crippen LogP contribution in [-0.2, 0) is 6.54 Å². The van der Waals surface area contributed by atoms with Crippen molar-refractivity contribution in [3.05, 3.63) is 65.8 Å². The summed E-state index contributed by atoms with van der Waals surface area (Å²) >= 11 is 1.49. The summed E-state index contributed by atoms with van der Waals surface area (Å²) in [5.74, 6) is 0.507. The number of benzene rings is 1. The third-order valence-electron chi connectivity index (χ3n) is 2.80. The van der Waals surface area contributed by atoms with E-state index in [0.29, 0.717) is 12.3 Å². The summed E-state index contributed by atoms with van der Waals surface area (Å²) in [6.07, 6.45) is 1.23. The van der Waals surface area contributed by atoms with Gasteiger partial charge in [0.25, 0.3) is 0 Å². The van der Waals surface area contributed by atoms with E-state index in [1.807, 2.05) is 41.8 Å². The number of rotatable bonds is 4. The topological polar surface area (TPSA) is 64.1 Å². The smallest absolute Gasteiger partial charge is 0.410 e. The van der Waals surface area contributed by atoms with Crippen LogP contribution in [0, 0.1) is 0 Å². The van der Waals surface area contributed by atoms with Crippen LogP contribution in [0.1, 0.15) is 5.69 Å². The molecule has 0 fully saturated rings. The van der Waals surface area contributed by atoms with Crippen molar-refractivity contribution < 1.29 is 9.53 Å². The number of nitrogens with zero attached hydrogens (tertiary/aromatic N) is 2. The summed E-state index contributed by atoms with van der Waals surface area (Å²) in [6.45, 7) is 0.314. The van der Waals surface area contributed by atoms with E-state index in [1.54, 1.807) is 18.3 Å². The predicted molar refractivity (Wildman–Crippen MR) is 84.7 cm³/mol. The summed E-state index contributed by atoms with van der Waals surface area (Å²) in [7, 11) is 0. The maximum absolute atomic E-state index is 11.7. The SMILES string of the molecule is O=C(NCc1csc(-c2ccccn2)n1)Oc1ccccc1.